The van der Waals surface area contributed by atoms with Crippen LogP contribution in [0.5, 0.6) is 0 Å². The number of aliphatic carboxylic acids is 1. The molecule has 1 unspecified atom stereocenters. The molecule has 0 heterocycles. The fourth-order valence-corrected chi connectivity index (χ4v) is 2.06. The standard InChI is InChI=1S/C10H20N4O4S.HO3P/c1-2-18-14-10(17)19-7(3-4-8(15)16)5-6-13-9(11)12;1-4(2)3/h7H,2-6H2,1H3,(H,14,17)(H,15,16)(H4,11,12,13);(H-,1,2,3)/p+1. The van der Waals surface area contributed by atoms with Crippen molar-refractivity contribution in [2.75, 3.05) is 13.2 Å². The average Bonchev–Trinajstić information content (AvgIpc) is 2.41. The molecule has 0 aromatic heterocycles. The molecule has 134 valence electrons. The van der Waals surface area contributed by atoms with E-state index < -0.39 is 14.2 Å². The molecule has 0 rings (SSSR count). The molecule has 0 radical (unpaired) electrons. The van der Waals surface area contributed by atoms with E-state index in [9.17, 15) is 9.59 Å². The minimum Gasteiger partial charge on any atom is -0.481 e. The summed E-state index contributed by atoms with van der Waals surface area (Å²) in [7, 11) is -2.87. The predicted molar refractivity (Wildman–Crippen MR) is 85.7 cm³/mol. The number of amides is 1. The van der Waals surface area contributed by atoms with Gasteiger partial charge >= 0.3 is 19.5 Å². The second kappa shape index (κ2) is 15.4. The SMILES string of the molecule is CCONC(=O)SC(CCN=C(N)N)CCC(=O)O.O=[P+](O)O. The molecule has 0 aliphatic heterocycles. The van der Waals surface area contributed by atoms with Gasteiger partial charge in [0.25, 0.3) is 0 Å². The van der Waals surface area contributed by atoms with E-state index in [0.717, 1.165) is 11.8 Å². The van der Waals surface area contributed by atoms with Crippen LogP contribution in [0.1, 0.15) is 26.2 Å². The Kier molecular flexibility index (Phi) is 16.0. The Morgan fingerprint density at radius 2 is 1.91 bits per heavy atom. The smallest absolute Gasteiger partial charge is 0.481 e. The number of guanidine groups is 1. The lowest BCUT2D eigenvalue weighted by Gasteiger charge is -2.13. The van der Waals surface area contributed by atoms with Crippen LogP contribution in [0.4, 0.5) is 4.79 Å². The van der Waals surface area contributed by atoms with Gasteiger partial charge in [-0.1, -0.05) is 11.8 Å². The van der Waals surface area contributed by atoms with Gasteiger partial charge in [-0.15, -0.1) is 9.79 Å². The summed E-state index contributed by atoms with van der Waals surface area (Å²) in [4.78, 5) is 44.8. The van der Waals surface area contributed by atoms with Crippen molar-refractivity contribution in [1.29, 1.82) is 0 Å². The fourth-order valence-electron chi connectivity index (χ4n) is 1.19. The number of carboxylic acid groups (broad SMARTS) is 1. The maximum absolute atomic E-state index is 11.4. The van der Waals surface area contributed by atoms with Gasteiger partial charge < -0.3 is 16.6 Å². The van der Waals surface area contributed by atoms with Crippen molar-refractivity contribution in [1.82, 2.24) is 5.48 Å². The molecule has 1 amide bonds. The lowest BCUT2D eigenvalue weighted by molar-refractivity contribution is -0.137. The highest BCUT2D eigenvalue weighted by Crippen LogP contribution is 2.20. The van der Waals surface area contributed by atoms with Crippen molar-refractivity contribution < 1.29 is 33.9 Å². The number of nitrogens with one attached hydrogen (secondary N) is 1. The van der Waals surface area contributed by atoms with Crippen LogP contribution in [-0.4, -0.2) is 50.5 Å². The van der Waals surface area contributed by atoms with Crippen molar-refractivity contribution in [3.8, 4) is 0 Å². The Balaban J connectivity index is 0. The Labute approximate surface area is 138 Å². The van der Waals surface area contributed by atoms with Crippen LogP contribution in [0, 0.1) is 0 Å². The van der Waals surface area contributed by atoms with E-state index in [1.54, 1.807) is 6.92 Å². The van der Waals surface area contributed by atoms with Crippen molar-refractivity contribution in [2.24, 2.45) is 16.5 Å². The second-order valence-electron chi connectivity index (χ2n) is 3.84. The van der Waals surface area contributed by atoms with E-state index in [2.05, 4.69) is 10.5 Å². The van der Waals surface area contributed by atoms with Crippen LogP contribution < -0.4 is 16.9 Å². The van der Waals surface area contributed by atoms with E-state index in [-0.39, 0.29) is 22.9 Å². The lowest BCUT2D eigenvalue weighted by Crippen LogP contribution is -2.24. The highest BCUT2D eigenvalue weighted by atomic mass is 32.2. The maximum atomic E-state index is 11.4. The molecule has 0 aromatic rings. The average molecular weight is 373 g/mol. The molecule has 23 heavy (non-hydrogen) atoms. The fraction of sp³-hybridized carbons (Fsp3) is 0.700. The van der Waals surface area contributed by atoms with E-state index in [4.69, 9.17) is 35.8 Å². The van der Waals surface area contributed by atoms with Crippen LogP contribution in [0.3, 0.4) is 0 Å². The second-order valence-corrected chi connectivity index (χ2v) is 5.62. The number of carbonyl (C=O) groups is 2. The molecule has 0 saturated carbocycles. The molecular weight excluding hydrogens is 351 g/mol. The number of rotatable bonds is 9. The van der Waals surface area contributed by atoms with Crippen molar-refractivity contribution in [3.63, 3.8) is 0 Å². The Morgan fingerprint density at radius 1 is 1.35 bits per heavy atom. The van der Waals surface area contributed by atoms with Crippen LogP contribution in [0.15, 0.2) is 4.99 Å². The van der Waals surface area contributed by atoms with Crippen molar-refractivity contribution in [3.05, 3.63) is 0 Å². The number of hydroxylamine groups is 1. The van der Waals surface area contributed by atoms with Gasteiger partial charge in [0.2, 0.25) is 0 Å². The molecule has 1 atom stereocenters. The summed E-state index contributed by atoms with van der Waals surface area (Å²) in [6.07, 6.45) is 0.857. The first-order valence-corrected chi connectivity index (χ1v) is 8.44. The molecule has 0 fully saturated rings. The molecule has 13 heteroatoms. The third-order valence-electron chi connectivity index (χ3n) is 2.00. The zero-order valence-corrected chi connectivity index (χ0v) is 14.3. The number of hydrogen-bond acceptors (Lipinski definition) is 6. The van der Waals surface area contributed by atoms with Gasteiger partial charge in [-0.3, -0.25) is 19.4 Å². The van der Waals surface area contributed by atoms with Crippen molar-refractivity contribution in [2.45, 2.75) is 31.4 Å². The lowest BCUT2D eigenvalue weighted by atomic mass is 10.2. The summed E-state index contributed by atoms with van der Waals surface area (Å²) in [5.41, 5.74) is 12.6. The van der Waals surface area contributed by atoms with Gasteiger partial charge in [0.05, 0.1) is 6.61 Å². The van der Waals surface area contributed by atoms with E-state index in [1.165, 1.54) is 0 Å². The first-order valence-electron chi connectivity index (χ1n) is 6.39. The molecule has 0 aliphatic rings. The van der Waals surface area contributed by atoms with Gasteiger partial charge in [-0.05, 0) is 19.8 Å². The molecule has 8 N–H and O–H groups in total. The topological polar surface area (TPSA) is 198 Å². The summed E-state index contributed by atoms with van der Waals surface area (Å²) < 4.78 is 8.70. The van der Waals surface area contributed by atoms with Crippen LogP contribution in [-0.2, 0) is 14.2 Å². The third-order valence-corrected chi connectivity index (χ3v) is 3.10. The molecule has 0 spiro atoms. The Morgan fingerprint density at radius 3 is 2.35 bits per heavy atom. The molecule has 0 aliphatic carbocycles. The molecule has 0 aromatic carbocycles. The first kappa shape index (κ1) is 23.8. The number of carbonyl (C=O) groups excluding carboxylic acids is 1. The minimum atomic E-state index is -2.87. The largest absolute Gasteiger partial charge is 0.692 e. The highest BCUT2D eigenvalue weighted by Gasteiger charge is 2.16. The van der Waals surface area contributed by atoms with Gasteiger partial charge in [0.1, 0.15) is 0 Å². The normalized spacial score (nSPS) is 10.7. The highest BCUT2D eigenvalue weighted by molar-refractivity contribution is 8.14. The van der Waals surface area contributed by atoms with Gasteiger partial charge in [0, 0.05) is 22.8 Å². The van der Waals surface area contributed by atoms with E-state index in [1.807, 2.05) is 0 Å². The number of aliphatic imine (C=N–C) groups is 1. The number of carboxylic acids is 1. The summed E-state index contributed by atoms with van der Waals surface area (Å²) >= 11 is 0.989. The van der Waals surface area contributed by atoms with E-state index >= 15 is 0 Å². The molecule has 0 bridgehead atoms. The number of hydrogen-bond donors (Lipinski definition) is 6. The Hall–Kier alpha value is -1.46. The summed E-state index contributed by atoms with van der Waals surface area (Å²) in [6, 6.07) is 0. The van der Waals surface area contributed by atoms with Gasteiger partial charge in [0.15, 0.2) is 5.96 Å². The first-order chi connectivity index (χ1) is 10.7. The van der Waals surface area contributed by atoms with Crippen LogP contribution in [0.2, 0.25) is 0 Å². The summed E-state index contributed by atoms with van der Waals surface area (Å²) in [6.45, 7) is 2.45. The number of nitrogens with zero attached hydrogens (tertiary/aromatic N) is 1. The van der Waals surface area contributed by atoms with Crippen LogP contribution in [0.25, 0.3) is 0 Å². The quantitative estimate of drug-likeness (QED) is 0.137. The molecule has 0 saturated heterocycles. The van der Waals surface area contributed by atoms with Crippen molar-refractivity contribution >= 4 is 37.2 Å². The summed E-state index contributed by atoms with van der Waals surface area (Å²) in [5.74, 6) is -0.932. The van der Waals surface area contributed by atoms with Crippen LogP contribution >= 0.6 is 20.0 Å². The number of nitrogens with two attached hydrogens (primary N) is 2. The van der Waals surface area contributed by atoms with Gasteiger partial charge in [-0.2, -0.15) is 0 Å². The molecule has 11 nitrogen and oxygen atoms in total. The van der Waals surface area contributed by atoms with Gasteiger partial charge in [-0.25, -0.2) is 5.48 Å². The maximum Gasteiger partial charge on any atom is 0.692 e. The molecular formula is C10H22N4O7PS+. The zero-order valence-electron chi connectivity index (χ0n) is 12.5. The Bertz CT molecular complexity index is 403. The van der Waals surface area contributed by atoms with E-state index in [0.29, 0.717) is 26.0 Å². The zero-order chi connectivity index (χ0) is 18.3. The minimum absolute atomic E-state index is 0.0125. The monoisotopic (exact) mass is 373 g/mol. The summed E-state index contributed by atoms with van der Waals surface area (Å²) in [5, 5.41) is 8.11. The third kappa shape index (κ3) is 22.9. The predicted octanol–water partition coefficient (Wildman–Crippen LogP) is -0.0940. The number of thioether (sulfide) groups is 1.